The number of benzene rings is 1. The fraction of sp³-hybridized carbons (Fsp3) is 0.529. The first kappa shape index (κ1) is 17.2. The molecule has 1 N–H and O–H groups in total. The van der Waals surface area contributed by atoms with E-state index in [1.165, 1.54) is 5.56 Å². The number of nitrogens with one attached hydrogen (secondary N) is 1. The number of hydrogen-bond donors (Lipinski definition) is 1. The van der Waals surface area contributed by atoms with Crippen molar-refractivity contribution in [2.24, 2.45) is 0 Å². The summed E-state index contributed by atoms with van der Waals surface area (Å²) in [6.07, 6.45) is 1.82. The van der Waals surface area contributed by atoms with Crippen LogP contribution in [-0.2, 0) is 16.0 Å². The van der Waals surface area contributed by atoms with Gasteiger partial charge in [-0.3, -0.25) is 9.59 Å². The van der Waals surface area contributed by atoms with Gasteiger partial charge in [0.15, 0.2) is 0 Å². The number of carbonyl (C=O) groups excluding carboxylic acids is 2. The first-order valence-electron chi connectivity index (χ1n) is 7.75. The van der Waals surface area contributed by atoms with Gasteiger partial charge in [0.1, 0.15) is 6.04 Å². The summed E-state index contributed by atoms with van der Waals surface area (Å²) in [6.45, 7) is 6.83. The zero-order chi connectivity index (χ0) is 15.7. The topological polar surface area (TPSA) is 49.4 Å². The number of likely N-dealkylation sites (N-methyl/N-ethyl adjacent to an activating group) is 1. The van der Waals surface area contributed by atoms with Crippen LogP contribution < -0.4 is 5.32 Å². The van der Waals surface area contributed by atoms with E-state index in [-0.39, 0.29) is 17.9 Å². The Balaban J connectivity index is 2.78. The second kappa shape index (κ2) is 9.16. The van der Waals surface area contributed by atoms with Crippen molar-refractivity contribution in [1.29, 1.82) is 0 Å². The highest BCUT2D eigenvalue weighted by Crippen LogP contribution is 2.10. The molecule has 1 rings (SSSR count). The summed E-state index contributed by atoms with van der Waals surface area (Å²) in [5.74, 6) is -0.0288. The Kier molecular flexibility index (Phi) is 7.51. The van der Waals surface area contributed by atoms with Crippen molar-refractivity contribution in [3.05, 3.63) is 35.9 Å². The smallest absolute Gasteiger partial charge is 0.242 e. The van der Waals surface area contributed by atoms with Crippen molar-refractivity contribution in [3.63, 3.8) is 0 Å². The zero-order valence-electron chi connectivity index (χ0n) is 13.3. The molecule has 0 aliphatic carbocycles. The van der Waals surface area contributed by atoms with Crippen molar-refractivity contribution in [1.82, 2.24) is 10.2 Å². The molecule has 0 fully saturated rings. The van der Waals surface area contributed by atoms with Gasteiger partial charge in [-0.15, -0.1) is 0 Å². The largest absolute Gasteiger partial charge is 0.355 e. The van der Waals surface area contributed by atoms with Crippen LogP contribution in [0.5, 0.6) is 0 Å². The molecule has 21 heavy (non-hydrogen) atoms. The van der Waals surface area contributed by atoms with Crippen molar-refractivity contribution >= 4 is 11.8 Å². The van der Waals surface area contributed by atoms with Crippen molar-refractivity contribution in [2.75, 3.05) is 13.1 Å². The molecule has 4 heteroatoms. The number of amides is 2. The Labute approximate surface area is 127 Å². The Bertz CT molecular complexity index is 445. The van der Waals surface area contributed by atoms with Gasteiger partial charge in [0.2, 0.25) is 11.8 Å². The van der Waals surface area contributed by atoms with Gasteiger partial charge in [-0.2, -0.15) is 0 Å². The summed E-state index contributed by atoms with van der Waals surface area (Å²) in [6, 6.07) is 9.66. The molecule has 0 saturated carbocycles. The van der Waals surface area contributed by atoms with E-state index < -0.39 is 0 Å². The lowest BCUT2D eigenvalue weighted by atomic mass is 10.1. The standard InChI is InChI=1S/C17H26N2O2/c1-4-15(17(21)18-6-3)19(16(20)5-2)13-12-14-10-8-7-9-11-14/h7-11,15H,4-6,12-13H2,1-3H3,(H,18,21)/t15-/m0/s1. The molecule has 1 aromatic carbocycles. The first-order valence-corrected chi connectivity index (χ1v) is 7.75. The van der Waals surface area contributed by atoms with Crippen LogP contribution in [0.1, 0.15) is 39.2 Å². The molecular weight excluding hydrogens is 264 g/mol. The van der Waals surface area contributed by atoms with Crippen molar-refractivity contribution in [3.8, 4) is 0 Å². The molecule has 1 aromatic rings. The SMILES string of the molecule is CCNC(=O)[C@H](CC)N(CCc1ccccc1)C(=O)CC. The fourth-order valence-electron chi connectivity index (χ4n) is 2.39. The Hall–Kier alpha value is -1.84. The summed E-state index contributed by atoms with van der Waals surface area (Å²) in [4.78, 5) is 26.1. The fourth-order valence-corrected chi connectivity index (χ4v) is 2.39. The zero-order valence-corrected chi connectivity index (χ0v) is 13.3. The monoisotopic (exact) mass is 290 g/mol. The van der Waals surface area contributed by atoms with E-state index in [1.807, 2.05) is 51.1 Å². The highest BCUT2D eigenvalue weighted by molar-refractivity contribution is 5.87. The molecule has 0 heterocycles. The van der Waals surface area contributed by atoms with Gasteiger partial charge >= 0.3 is 0 Å². The second-order valence-corrected chi connectivity index (χ2v) is 4.99. The van der Waals surface area contributed by atoms with Crippen LogP contribution in [0.25, 0.3) is 0 Å². The Morgan fingerprint density at radius 3 is 2.33 bits per heavy atom. The summed E-state index contributed by atoms with van der Waals surface area (Å²) in [5, 5.41) is 2.82. The van der Waals surface area contributed by atoms with E-state index >= 15 is 0 Å². The molecular formula is C17H26N2O2. The van der Waals surface area contributed by atoms with Gasteiger partial charge in [0, 0.05) is 19.5 Å². The van der Waals surface area contributed by atoms with Gasteiger partial charge in [0.25, 0.3) is 0 Å². The van der Waals surface area contributed by atoms with E-state index in [4.69, 9.17) is 0 Å². The highest BCUT2D eigenvalue weighted by atomic mass is 16.2. The molecule has 0 aliphatic rings. The minimum absolute atomic E-state index is 0.0315. The van der Waals surface area contributed by atoms with Crippen LogP contribution in [0.2, 0.25) is 0 Å². The van der Waals surface area contributed by atoms with Crippen LogP contribution in [0, 0.1) is 0 Å². The lowest BCUT2D eigenvalue weighted by Gasteiger charge is -2.30. The van der Waals surface area contributed by atoms with Crippen LogP contribution in [0.3, 0.4) is 0 Å². The average Bonchev–Trinajstić information content (AvgIpc) is 2.51. The molecule has 0 saturated heterocycles. The summed E-state index contributed by atoms with van der Waals surface area (Å²) >= 11 is 0. The van der Waals surface area contributed by atoms with E-state index in [9.17, 15) is 9.59 Å². The summed E-state index contributed by atoms with van der Waals surface area (Å²) < 4.78 is 0. The quantitative estimate of drug-likeness (QED) is 0.799. The predicted molar refractivity (Wildman–Crippen MR) is 84.9 cm³/mol. The van der Waals surface area contributed by atoms with E-state index in [1.54, 1.807) is 4.90 Å². The minimum atomic E-state index is -0.374. The molecule has 4 nitrogen and oxygen atoms in total. The van der Waals surface area contributed by atoms with Crippen LogP contribution in [0.15, 0.2) is 30.3 Å². The molecule has 0 aromatic heterocycles. The molecule has 1 atom stereocenters. The van der Waals surface area contributed by atoms with E-state index in [2.05, 4.69) is 5.32 Å². The van der Waals surface area contributed by atoms with E-state index in [0.29, 0.717) is 25.9 Å². The first-order chi connectivity index (χ1) is 10.1. The number of hydrogen-bond acceptors (Lipinski definition) is 2. The van der Waals surface area contributed by atoms with E-state index in [0.717, 1.165) is 6.42 Å². The third-order valence-electron chi connectivity index (χ3n) is 3.52. The third kappa shape index (κ3) is 5.21. The summed E-state index contributed by atoms with van der Waals surface area (Å²) in [7, 11) is 0. The van der Waals surface area contributed by atoms with Crippen LogP contribution >= 0.6 is 0 Å². The molecule has 0 unspecified atom stereocenters. The minimum Gasteiger partial charge on any atom is -0.355 e. The van der Waals surface area contributed by atoms with Gasteiger partial charge in [0.05, 0.1) is 0 Å². The molecule has 2 amide bonds. The molecule has 0 aliphatic heterocycles. The third-order valence-corrected chi connectivity index (χ3v) is 3.52. The number of nitrogens with zero attached hydrogens (tertiary/aromatic N) is 1. The maximum atomic E-state index is 12.2. The molecule has 0 spiro atoms. The molecule has 0 bridgehead atoms. The maximum Gasteiger partial charge on any atom is 0.242 e. The lowest BCUT2D eigenvalue weighted by Crippen LogP contribution is -2.49. The van der Waals surface area contributed by atoms with Crippen LogP contribution in [-0.4, -0.2) is 35.8 Å². The maximum absolute atomic E-state index is 12.2. The van der Waals surface area contributed by atoms with Crippen molar-refractivity contribution in [2.45, 2.75) is 46.1 Å². The summed E-state index contributed by atoms with van der Waals surface area (Å²) in [5.41, 5.74) is 1.18. The van der Waals surface area contributed by atoms with Gasteiger partial charge in [-0.1, -0.05) is 44.2 Å². The number of rotatable bonds is 8. The normalized spacial score (nSPS) is 11.8. The highest BCUT2D eigenvalue weighted by Gasteiger charge is 2.26. The second-order valence-electron chi connectivity index (χ2n) is 4.99. The van der Waals surface area contributed by atoms with Gasteiger partial charge in [-0.25, -0.2) is 0 Å². The van der Waals surface area contributed by atoms with Crippen LogP contribution in [0.4, 0.5) is 0 Å². The molecule has 116 valence electrons. The number of carbonyl (C=O) groups is 2. The lowest BCUT2D eigenvalue weighted by molar-refractivity contribution is -0.140. The molecule has 0 radical (unpaired) electrons. The van der Waals surface area contributed by atoms with Gasteiger partial charge < -0.3 is 10.2 Å². The van der Waals surface area contributed by atoms with Gasteiger partial charge in [-0.05, 0) is 25.3 Å². The predicted octanol–water partition coefficient (Wildman–Crippen LogP) is 2.38. The Morgan fingerprint density at radius 1 is 1.14 bits per heavy atom. The average molecular weight is 290 g/mol. The Morgan fingerprint density at radius 2 is 1.81 bits per heavy atom. The van der Waals surface area contributed by atoms with Crippen molar-refractivity contribution < 1.29 is 9.59 Å².